The third-order valence-corrected chi connectivity index (χ3v) is 5.42. The molecule has 2 aromatic rings. The van der Waals surface area contributed by atoms with E-state index in [1.807, 2.05) is 18.2 Å². The zero-order chi connectivity index (χ0) is 15.6. The highest BCUT2D eigenvalue weighted by atomic mass is 127. The number of phenols is 2. The summed E-state index contributed by atoms with van der Waals surface area (Å²) >= 11 is 2.34. The molecule has 3 heteroatoms. The molecule has 2 N–H and O–H groups in total. The van der Waals surface area contributed by atoms with E-state index in [1.165, 1.54) is 0 Å². The van der Waals surface area contributed by atoms with Gasteiger partial charge in [-0.3, -0.25) is 0 Å². The Kier molecular flexibility index (Phi) is 4.81. The number of hydrogen-bond acceptors (Lipinski definition) is 2. The van der Waals surface area contributed by atoms with Crippen molar-refractivity contribution >= 4 is 22.6 Å². The van der Waals surface area contributed by atoms with Gasteiger partial charge in [0.25, 0.3) is 0 Å². The summed E-state index contributed by atoms with van der Waals surface area (Å²) in [5.74, 6) is 0.963. The quantitative estimate of drug-likeness (QED) is 0.567. The summed E-state index contributed by atoms with van der Waals surface area (Å²) in [5, 5.41) is 19.5. The Morgan fingerprint density at radius 1 is 1.00 bits per heavy atom. The molecule has 0 radical (unpaired) electrons. The van der Waals surface area contributed by atoms with Gasteiger partial charge in [-0.2, -0.15) is 0 Å². The second-order valence-electron chi connectivity index (χ2n) is 6.00. The molecule has 0 aliphatic rings. The van der Waals surface area contributed by atoms with Gasteiger partial charge in [-0.05, 0) is 40.8 Å². The first-order valence-electron chi connectivity index (χ1n) is 7.05. The highest BCUT2D eigenvalue weighted by molar-refractivity contribution is 14.1. The van der Waals surface area contributed by atoms with Gasteiger partial charge in [0.1, 0.15) is 11.5 Å². The standard InChI is InChI=1S/C18H21IO2/c1-12(11-19)16-10-14(6-9-17(16)21)18(2,3)13-4-7-15(20)8-5-13/h4-10,12,20-21H,11H2,1-3H3. The summed E-state index contributed by atoms with van der Waals surface area (Å²) in [7, 11) is 0. The summed E-state index contributed by atoms with van der Waals surface area (Å²) in [6, 6.07) is 13.2. The van der Waals surface area contributed by atoms with E-state index in [1.54, 1.807) is 18.2 Å². The van der Waals surface area contributed by atoms with Crippen LogP contribution in [-0.2, 0) is 5.41 Å². The molecule has 0 bridgehead atoms. The molecule has 1 unspecified atom stereocenters. The van der Waals surface area contributed by atoms with Gasteiger partial charge >= 0.3 is 0 Å². The van der Waals surface area contributed by atoms with Crippen molar-refractivity contribution in [2.45, 2.75) is 32.1 Å². The third kappa shape index (κ3) is 3.34. The maximum absolute atomic E-state index is 10.1. The van der Waals surface area contributed by atoms with Gasteiger partial charge in [0, 0.05) is 9.84 Å². The van der Waals surface area contributed by atoms with Gasteiger partial charge in [0.05, 0.1) is 0 Å². The van der Waals surface area contributed by atoms with Crippen LogP contribution in [0.15, 0.2) is 42.5 Å². The first-order chi connectivity index (χ1) is 9.86. The van der Waals surface area contributed by atoms with Crippen LogP contribution in [-0.4, -0.2) is 14.6 Å². The third-order valence-electron chi connectivity index (χ3n) is 4.10. The van der Waals surface area contributed by atoms with Crippen molar-refractivity contribution in [1.82, 2.24) is 0 Å². The molecule has 0 aliphatic heterocycles. The SMILES string of the molecule is CC(CI)c1cc(C(C)(C)c2ccc(O)cc2)ccc1O. The van der Waals surface area contributed by atoms with Crippen molar-refractivity contribution in [2.24, 2.45) is 0 Å². The Morgan fingerprint density at radius 3 is 2.14 bits per heavy atom. The molecule has 2 rings (SSSR count). The van der Waals surface area contributed by atoms with E-state index < -0.39 is 0 Å². The van der Waals surface area contributed by atoms with Crippen LogP contribution in [0.4, 0.5) is 0 Å². The maximum Gasteiger partial charge on any atom is 0.119 e. The van der Waals surface area contributed by atoms with Gasteiger partial charge < -0.3 is 10.2 Å². The Balaban J connectivity index is 2.47. The largest absolute Gasteiger partial charge is 0.508 e. The van der Waals surface area contributed by atoms with Gasteiger partial charge in [-0.15, -0.1) is 0 Å². The molecule has 112 valence electrons. The molecule has 0 spiro atoms. The van der Waals surface area contributed by atoms with E-state index in [-0.39, 0.29) is 11.2 Å². The number of hydrogen-bond donors (Lipinski definition) is 2. The zero-order valence-corrected chi connectivity index (χ0v) is 14.8. The van der Waals surface area contributed by atoms with Crippen LogP contribution < -0.4 is 0 Å². The second kappa shape index (κ2) is 6.26. The molecule has 0 saturated heterocycles. The Hall–Kier alpha value is -1.23. The number of benzene rings is 2. The van der Waals surface area contributed by atoms with E-state index >= 15 is 0 Å². The smallest absolute Gasteiger partial charge is 0.119 e. The predicted octanol–water partition coefficient (Wildman–Crippen LogP) is 4.96. The first-order valence-corrected chi connectivity index (χ1v) is 8.57. The Morgan fingerprint density at radius 2 is 1.57 bits per heavy atom. The van der Waals surface area contributed by atoms with Gasteiger partial charge in [0.15, 0.2) is 0 Å². The predicted molar refractivity (Wildman–Crippen MR) is 95.6 cm³/mol. The van der Waals surface area contributed by atoms with Crippen LogP contribution in [0, 0.1) is 0 Å². The van der Waals surface area contributed by atoms with E-state index in [0.717, 1.165) is 21.1 Å². The second-order valence-corrected chi connectivity index (χ2v) is 6.88. The van der Waals surface area contributed by atoms with Crippen molar-refractivity contribution in [2.75, 3.05) is 4.43 Å². The molecule has 0 saturated carbocycles. The minimum atomic E-state index is -0.179. The van der Waals surface area contributed by atoms with Gasteiger partial charge in [0.2, 0.25) is 0 Å². The number of halogens is 1. The van der Waals surface area contributed by atoms with Crippen LogP contribution in [0.25, 0.3) is 0 Å². The monoisotopic (exact) mass is 396 g/mol. The van der Waals surface area contributed by atoms with Gasteiger partial charge in [-0.25, -0.2) is 0 Å². The van der Waals surface area contributed by atoms with Crippen molar-refractivity contribution in [3.05, 3.63) is 59.2 Å². The van der Waals surface area contributed by atoms with E-state index in [9.17, 15) is 10.2 Å². The molecular weight excluding hydrogens is 375 g/mol. The van der Waals surface area contributed by atoms with E-state index in [4.69, 9.17) is 0 Å². The normalized spacial score (nSPS) is 13.1. The fourth-order valence-corrected chi connectivity index (χ4v) is 2.94. The van der Waals surface area contributed by atoms with E-state index in [2.05, 4.69) is 49.4 Å². The molecule has 0 fully saturated rings. The van der Waals surface area contributed by atoms with Crippen LogP contribution in [0.3, 0.4) is 0 Å². The van der Waals surface area contributed by atoms with Crippen LogP contribution in [0.5, 0.6) is 11.5 Å². The molecule has 0 amide bonds. The number of alkyl halides is 1. The fourth-order valence-electron chi connectivity index (χ4n) is 2.47. The zero-order valence-electron chi connectivity index (χ0n) is 12.6. The lowest BCUT2D eigenvalue weighted by molar-refractivity contribution is 0.464. The molecule has 0 aromatic heterocycles. The number of phenolic OH excluding ortho intramolecular Hbond substituents is 2. The summed E-state index contributed by atoms with van der Waals surface area (Å²) in [5.41, 5.74) is 3.12. The number of rotatable bonds is 4. The summed E-state index contributed by atoms with van der Waals surface area (Å²) in [6.45, 7) is 6.44. The fraction of sp³-hybridized carbons (Fsp3) is 0.333. The van der Waals surface area contributed by atoms with Crippen molar-refractivity contribution in [3.63, 3.8) is 0 Å². The van der Waals surface area contributed by atoms with Crippen LogP contribution >= 0.6 is 22.6 Å². The summed E-state index contributed by atoms with van der Waals surface area (Å²) in [6.07, 6.45) is 0. The highest BCUT2D eigenvalue weighted by Gasteiger charge is 2.24. The molecule has 21 heavy (non-hydrogen) atoms. The Labute approximate surface area is 140 Å². The molecule has 0 aliphatic carbocycles. The average molecular weight is 396 g/mol. The minimum Gasteiger partial charge on any atom is -0.508 e. The lowest BCUT2D eigenvalue weighted by atomic mass is 9.77. The molecule has 1 atom stereocenters. The molecule has 0 heterocycles. The molecule has 2 aromatic carbocycles. The maximum atomic E-state index is 10.1. The van der Waals surface area contributed by atoms with Crippen molar-refractivity contribution in [3.8, 4) is 11.5 Å². The topological polar surface area (TPSA) is 40.5 Å². The van der Waals surface area contributed by atoms with Gasteiger partial charge in [-0.1, -0.05) is 67.6 Å². The minimum absolute atomic E-state index is 0.179. The summed E-state index contributed by atoms with van der Waals surface area (Å²) in [4.78, 5) is 0. The summed E-state index contributed by atoms with van der Waals surface area (Å²) < 4.78 is 0.967. The molecule has 2 nitrogen and oxygen atoms in total. The number of aromatic hydroxyl groups is 2. The van der Waals surface area contributed by atoms with Crippen molar-refractivity contribution in [1.29, 1.82) is 0 Å². The van der Waals surface area contributed by atoms with Crippen LogP contribution in [0.1, 0.15) is 43.4 Å². The lowest BCUT2D eigenvalue weighted by Gasteiger charge is -2.27. The van der Waals surface area contributed by atoms with Crippen molar-refractivity contribution < 1.29 is 10.2 Å². The first kappa shape index (κ1) is 16.1. The highest BCUT2D eigenvalue weighted by Crippen LogP contribution is 2.36. The molecular formula is C18H21IO2. The average Bonchev–Trinajstić information content (AvgIpc) is 2.47. The van der Waals surface area contributed by atoms with Crippen LogP contribution in [0.2, 0.25) is 0 Å². The Bertz CT molecular complexity index is 618. The lowest BCUT2D eigenvalue weighted by Crippen LogP contribution is -2.19. The van der Waals surface area contributed by atoms with E-state index in [0.29, 0.717) is 11.7 Å².